The minimum Gasteiger partial charge on any atom is -0.486 e. The highest BCUT2D eigenvalue weighted by Crippen LogP contribution is 2.12. The topological polar surface area (TPSA) is 102 Å². The van der Waals surface area contributed by atoms with E-state index in [1.165, 1.54) is 6.21 Å². The lowest BCUT2D eigenvalue weighted by Crippen LogP contribution is -3.12. The zero-order valence-corrected chi connectivity index (χ0v) is 20.0. The maximum absolute atomic E-state index is 13.0. The number of sulfonamides is 1. The normalized spacial score (nSPS) is 17.0. The summed E-state index contributed by atoms with van der Waals surface area (Å²) in [6, 6.07) is 18.5. The van der Waals surface area contributed by atoms with Crippen molar-refractivity contribution in [1.82, 2.24) is 4.90 Å². The third kappa shape index (κ3) is 7.41. The number of carbonyl (C=O) groups is 1. The van der Waals surface area contributed by atoms with Gasteiger partial charge in [0.2, 0.25) is 0 Å². The number of rotatable bonds is 13. The lowest BCUT2D eigenvalue weighted by atomic mass is 10.2. The number of nitrogens with one attached hydrogen (secondary N) is 2. The van der Waals surface area contributed by atoms with Gasteiger partial charge in [0, 0.05) is 6.61 Å². The molecular formula is C24H31N4O5S+. The summed E-state index contributed by atoms with van der Waals surface area (Å²) in [6.07, 6.45) is 2.11. The molecule has 1 atom stereocenters. The highest BCUT2D eigenvalue weighted by atomic mass is 32.2. The first-order valence-electron chi connectivity index (χ1n) is 11.1. The third-order valence-electron chi connectivity index (χ3n) is 5.21. The van der Waals surface area contributed by atoms with Gasteiger partial charge in [-0.05, 0) is 24.6 Å². The smallest absolute Gasteiger partial charge is 0.301 e. The summed E-state index contributed by atoms with van der Waals surface area (Å²) in [5.74, 6) is 0.0329. The Morgan fingerprint density at radius 2 is 1.82 bits per heavy atom. The molecule has 0 bridgehead atoms. The van der Waals surface area contributed by atoms with E-state index < -0.39 is 10.0 Å². The number of ether oxygens (including phenoxy) is 2. The first kappa shape index (κ1) is 25.4. The van der Waals surface area contributed by atoms with Gasteiger partial charge < -0.3 is 14.4 Å². The standard InChI is InChI=1S/C24H30N4O5S/c1-2-32-15-16-33-24(18-29)23(17-25-26-22-11-7-4-8-12-22)27-13-14-28(20-27)34(30,31)19-21-9-5-3-6-10-21/h3-12,17-18,26H,2,13-16,19-20H2,1H3/p+1/b24-23-,25-17-. The van der Waals surface area contributed by atoms with Crippen molar-refractivity contribution in [2.75, 3.05) is 45.0 Å². The molecule has 2 aromatic rings. The van der Waals surface area contributed by atoms with Crippen molar-refractivity contribution in [3.8, 4) is 0 Å². The van der Waals surface area contributed by atoms with E-state index in [4.69, 9.17) is 9.47 Å². The molecule has 0 aromatic heterocycles. The molecule has 182 valence electrons. The lowest BCUT2D eigenvalue weighted by Gasteiger charge is -2.19. The molecule has 1 heterocycles. The Morgan fingerprint density at radius 1 is 1.12 bits per heavy atom. The Bertz CT molecular complexity index is 1080. The average Bonchev–Trinajstić information content (AvgIpc) is 3.35. The highest BCUT2D eigenvalue weighted by molar-refractivity contribution is 7.84. The second kappa shape index (κ2) is 12.9. The van der Waals surface area contributed by atoms with E-state index in [0.717, 1.165) is 11.3 Å². The number of nitrogens with zero attached hydrogens (tertiary/aromatic N) is 2. The van der Waals surface area contributed by atoms with E-state index in [2.05, 4.69) is 10.5 Å². The molecule has 1 aliphatic heterocycles. The predicted molar refractivity (Wildman–Crippen MR) is 131 cm³/mol. The van der Waals surface area contributed by atoms with Crippen LogP contribution in [0.4, 0.5) is 5.69 Å². The Hall–Kier alpha value is -3.21. The number of hydrogen-bond acceptors (Lipinski definition) is 8. The fraction of sp³-hybridized carbons (Fsp3) is 0.333. The maximum atomic E-state index is 13.0. The van der Waals surface area contributed by atoms with Crippen LogP contribution in [0, 0.1) is 0 Å². The molecule has 0 radical (unpaired) electrons. The fourth-order valence-corrected chi connectivity index (χ4v) is 5.08. The van der Waals surface area contributed by atoms with E-state index >= 15 is 0 Å². The van der Waals surface area contributed by atoms with Crippen molar-refractivity contribution in [3.63, 3.8) is 0 Å². The van der Waals surface area contributed by atoms with Crippen LogP contribution in [0.15, 0.2) is 77.2 Å². The molecular weight excluding hydrogens is 456 g/mol. The van der Waals surface area contributed by atoms with E-state index in [1.807, 2.05) is 55.5 Å². The monoisotopic (exact) mass is 487 g/mol. The van der Waals surface area contributed by atoms with Crippen molar-refractivity contribution in [3.05, 3.63) is 77.7 Å². The SMILES string of the molecule is CCOCCO/C(C=O)=C(/C=N\Nc1ccccc1)N1CC[NH+](S(=O)(=O)Cc2ccccc2)C1. The molecule has 0 aliphatic carbocycles. The van der Waals surface area contributed by atoms with Gasteiger partial charge in [0.1, 0.15) is 24.6 Å². The molecule has 0 saturated carbocycles. The molecule has 1 fully saturated rings. The van der Waals surface area contributed by atoms with Gasteiger partial charge in [-0.25, -0.2) is 4.31 Å². The summed E-state index contributed by atoms with van der Waals surface area (Å²) >= 11 is 0. The zero-order chi connectivity index (χ0) is 24.2. The summed E-state index contributed by atoms with van der Waals surface area (Å²) < 4.78 is 37.4. The van der Waals surface area contributed by atoms with Gasteiger partial charge >= 0.3 is 10.0 Å². The van der Waals surface area contributed by atoms with Crippen LogP contribution < -0.4 is 9.73 Å². The Balaban J connectivity index is 1.76. The van der Waals surface area contributed by atoms with Gasteiger partial charge in [0.05, 0.1) is 25.1 Å². The van der Waals surface area contributed by atoms with E-state index in [9.17, 15) is 13.2 Å². The highest BCUT2D eigenvalue weighted by Gasteiger charge is 2.35. The molecule has 1 unspecified atom stereocenters. The van der Waals surface area contributed by atoms with Crippen LogP contribution in [0.2, 0.25) is 0 Å². The van der Waals surface area contributed by atoms with Crippen molar-refractivity contribution in [2.24, 2.45) is 5.10 Å². The average molecular weight is 488 g/mol. The van der Waals surface area contributed by atoms with Crippen molar-refractivity contribution < 1.29 is 27.0 Å². The second-order valence-corrected chi connectivity index (χ2v) is 9.70. The van der Waals surface area contributed by atoms with Crippen LogP contribution in [0.25, 0.3) is 0 Å². The molecule has 3 rings (SSSR count). The van der Waals surface area contributed by atoms with Gasteiger partial charge in [-0.3, -0.25) is 10.2 Å². The van der Waals surface area contributed by atoms with Crippen molar-refractivity contribution in [1.29, 1.82) is 0 Å². The first-order valence-corrected chi connectivity index (χ1v) is 12.8. The Kier molecular flexibility index (Phi) is 9.62. The fourth-order valence-electron chi connectivity index (χ4n) is 3.49. The van der Waals surface area contributed by atoms with Gasteiger partial charge in [0.25, 0.3) is 0 Å². The number of hydrogen-bond donors (Lipinski definition) is 2. The van der Waals surface area contributed by atoms with Crippen LogP contribution in [0.5, 0.6) is 0 Å². The van der Waals surface area contributed by atoms with Gasteiger partial charge in [-0.15, -0.1) is 0 Å². The van der Waals surface area contributed by atoms with Crippen molar-refractivity contribution in [2.45, 2.75) is 12.7 Å². The molecule has 1 aliphatic rings. The predicted octanol–water partition coefficient (Wildman–Crippen LogP) is 1.24. The zero-order valence-electron chi connectivity index (χ0n) is 19.2. The number of quaternary nitrogens is 1. The molecule has 9 nitrogen and oxygen atoms in total. The quantitative estimate of drug-likeness (QED) is 0.109. The number of aldehydes is 1. The Labute approximate surface area is 200 Å². The van der Waals surface area contributed by atoms with Gasteiger partial charge in [-0.1, -0.05) is 48.5 Å². The summed E-state index contributed by atoms with van der Waals surface area (Å²) in [4.78, 5) is 13.7. The summed E-state index contributed by atoms with van der Waals surface area (Å²) in [5.41, 5.74) is 4.85. The summed E-state index contributed by atoms with van der Waals surface area (Å²) in [6.45, 7) is 3.94. The summed E-state index contributed by atoms with van der Waals surface area (Å²) in [7, 11) is -3.46. The summed E-state index contributed by atoms with van der Waals surface area (Å²) in [5, 5.41) is 4.25. The van der Waals surface area contributed by atoms with Crippen LogP contribution in [0.3, 0.4) is 0 Å². The lowest BCUT2D eigenvalue weighted by molar-refractivity contribution is -0.757. The number of anilines is 1. The second-order valence-electron chi connectivity index (χ2n) is 7.60. The third-order valence-corrected chi connectivity index (χ3v) is 7.14. The number of allylic oxidation sites excluding steroid dienone is 2. The van der Waals surface area contributed by atoms with Gasteiger partial charge in [0.15, 0.2) is 18.7 Å². The molecule has 10 heteroatoms. The minimum absolute atomic E-state index is 0.0505. The van der Waals surface area contributed by atoms with Crippen molar-refractivity contribution >= 4 is 28.2 Å². The molecule has 0 amide bonds. The molecule has 2 N–H and O–H groups in total. The molecule has 34 heavy (non-hydrogen) atoms. The van der Waals surface area contributed by atoms with Crippen LogP contribution in [-0.2, 0) is 30.0 Å². The number of benzene rings is 2. The maximum Gasteiger partial charge on any atom is 0.301 e. The first-order chi connectivity index (χ1) is 16.5. The number of para-hydroxylation sites is 1. The van der Waals surface area contributed by atoms with Gasteiger partial charge in [-0.2, -0.15) is 13.5 Å². The van der Waals surface area contributed by atoms with Crippen LogP contribution >= 0.6 is 0 Å². The molecule has 0 spiro atoms. The largest absolute Gasteiger partial charge is 0.486 e. The van der Waals surface area contributed by atoms with E-state index in [-0.39, 0.29) is 24.8 Å². The van der Waals surface area contributed by atoms with E-state index in [0.29, 0.717) is 42.6 Å². The Morgan fingerprint density at radius 3 is 2.50 bits per heavy atom. The number of hydrazone groups is 1. The van der Waals surface area contributed by atoms with E-state index in [1.54, 1.807) is 17.0 Å². The molecule has 1 saturated heterocycles. The number of carbonyl (C=O) groups excluding carboxylic acids is 1. The van der Waals surface area contributed by atoms with Crippen LogP contribution in [0.1, 0.15) is 12.5 Å². The van der Waals surface area contributed by atoms with Crippen LogP contribution in [-0.4, -0.2) is 65.4 Å². The minimum atomic E-state index is -3.46. The molecule has 2 aromatic carbocycles.